The summed E-state index contributed by atoms with van der Waals surface area (Å²) >= 11 is 0. The molecule has 0 atom stereocenters. The van der Waals surface area contributed by atoms with Gasteiger partial charge in [-0.05, 0) is 30.7 Å². The van der Waals surface area contributed by atoms with Crippen molar-refractivity contribution in [1.82, 2.24) is 5.32 Å². The Kier molecular flexibility index (Phi) is 4.81. The molecule has 0 saturated heterocycles. The summed E-state index contributed by atoms with van der Waals surface area (Å²) in [5, 5.41) is 3.34. The average molecular weight is 285 g/mol. The van der Waals surface area contributed by atoms with Gasteiger partial charge in [0.05, 0.1) is 7.11 Å². The van der Waals surface area contributed by atoms with E-state index in [1.165, 1.54) is 20.0 Å². The van der Waals surface area contributed by atoms with Crippen molar-refractivity contribution in [3.8, 4) is 11.5 Å². The normalized spacial score (nSPS) is 16.2. The molecule has 0 aliphatic heterocycles. The van der Waals surface area contributed by atoms with Crippen molar-refractivity contribution in [2.24, 2.45) is 5.41 Å². The van der Waals surface area contributed by atoms with Crippen LogP contribution in [0.15, 0.2) is 18.2 Å². The molecule has 0 aromatic heterocycles. The zero-order valence-corrected chi connectivity index (χ0v) is 11.9. The molecule has 0 unspecified atom stereocenters. The topological polar surface area (TPSA) is 30.5 Å². The zero-order chi connectivity index (χ0) is 14.6. The summed E-state index contributed by atoms with van der Waals surface area (Å²) in [6.07, 6.45) is 3.64. The average Bonchev–Trinajstić information content (AvgIpc) is 3.20. The highest BCUT2D eigenvalue weighted by Gasteiger charge is 2.39. The molecule has 112 valence electrons. The van der Waals surface area contributed by atoms with E-state index in [0.717, 1.165) is 13.0 Å². The molecule has 1 aliphatic rings. The molecule has 0 radical (unpaired) electrons. The number of para-hydroxylation sites is 1. The number of nitrogens with one attached hydrogen (secondary N) is 1. The van der Waals surface area contributed by atoms with Gasteiger partial charge in [0.1, 0.15) is 0 Å². The van der Waals surface area contributed by atoms with Crippen LogP contribution in [0.1, 0.15) is 31.7 Å². The first-order valence-corrected chi connectivity index (χ1v) is 6.91. The molecule has 1 aromatic carbocycles. The fourth-order valence-corrected chi connectivity index (χ4v) is 2.38. The molecule has 0 amide bonds. The van der Waals surface area contributed by atoms with Crippen LogP contribution >= 0.6 is 0 Å². The molecule has 0 spiro atoms. The van der Waals surface area contributed by atoms with Crippen molar-refractivity contribution in [1.29, 1.82) is 0 Å². The van der Waals surface area contributed by atoms with Gasteiger partial charge in [0.2, 0.25) is 0 Å². The lowest BCUT2D eigenvalue weighted by Gasteiger charge is -2.17. The molecule has 5 heteroatoms. The van der Waals surface area contributed by atoms with Gasteiger partial charge in [-0.15, -0.1) is 0 Å². The number of ether oxygens (including phenoxy) is 2. The van der Waals surface area contributed by atoms with E-state index in [2.05, 4.69) is 17.0 Å². The van der Waals surface area contributed by atoms with Crippen LogP contribution in [0.4, 0.5) is 8.78 Å². The van der Waals surface area contributed by atoms with Gasteiger partial charge >= 0.3 is 6.61 Å². The van der Waals surface area contributed by atoms with Crippen LogP contribution in [0.25, 0.3) is 0 Å². The number of hydrogen-bond acceptors (Lipinski definition) is 3. The molecule has 20 heavy (non-hydrogen) atoms. The van der Waals surface area contributed by atoms with Crippen molar-refractivity contribution < 1.29 is 18.3 Å². The quantitative estimate of drug-likeness (QED) is 0.792. The van der Waals surface area contributed by atoms with E-state index >= 15 is 0 Å². The van der Waals surface area contributed by atoms with E-state index in [0.29, 0.717) is 23.3 Å². The summed E-state index contributed by atoms with van der Waals surface area (Å²) in [4.78, 5) is 0. The Morgan fingerprint density at radius 1 is 1.35 bits per heavy atom. The monoisotopic (exact) mass is 285 g/mol. The first-order valence-electron chi connectivity index (χ1n) is 6.91. The van der Waals surface area contributed by atoms with Gasteiger partial charge in [0.25, 0.3) is 0 Å². The lowest BCUT2D eigenvalue weighted by atomic mass is 10.0. The molecule has 1 saturated carbocycles. The van der Waals surface area contributed by atoms with Crippen molar-refractivity contribution in [2.75, 3.05) is 13.7 Å². The minimum Gasteiger partial charge on any atom is -0.493 e. The number of benzene rings is 1. The maximum absolute atomic E-state index is 12.5. The van der Waals surface area contributed by atoms with Crippen LogP contribution in [-0.4, -0.2) is 20.3 Å². The van der Waals surface area contributed by atoms with Gasteiger partial charge < -0.3 is 14.8 Å². The number of methoxy groups -OCH3 is 1. The van der Waals surface area contributed by atoms with Gasteiger partial charge in [-0.2, -0.15) is 8.78 Å². The molecule has 1 aromatic rings. The van der Waals surface area contributed by atoms with Gasteiger partial charge in [-0.25, -0.2) is 0 Å². The summed E-state index contributed by atoms with van der Waals surface area (Å²) in [6, 6.07) is 5.18. The lowest BCUT2D eigenvalue weighted by molar-refractivity contribution is -0.0518. The Morgan fingerprint density at radius 2 is 2.10 bits per heavy atom. The second-order valence-electron chi connectivity index (χ2n) is 5.28. The second-order valence-corrected chi connectivity index (χ2v) is 5.28. The van der Waals surface area contributed by atoms with E-state index in [1.807, 2.05) is 0 Å². The molecular weight excluding hydrogens is 264 g/mol. The lowest BCUT2D eigenvalue weighted by Crippen LogP contribution is -2.23. The van der Waals surface area contributed by atoms with Gasteiger partial charge in [0.15, 0.2) is 11.5 Å². The van der Waals surface area contributed by atoms with Crippen LogP contribution in [0.2, 0.25) is 0 Å². The van der Waals surface area contributed by atoms with Crippen LogP contribution in [0, 0.1) is 5.41 Å². The number of halogens is 2. The van der Waals surface area contributed by atoms with Gasteiger partial charge in [-0.3, -0.25) is 0 Å². The Hall–Kier alpha value is -1.36. The smallest absolute Gasteiger partial charge is 0.387 e. The molecular formula is C15H21F2NO2. The molecule has 1 fully saturated rings. The molecule has 3 nitrogen and oxygen atoms in total. The SMILES string of the molecule is CCC1(CNCc2cccc(OC)c2OC(F)F)CC1. The van der Waals surface area contributed by atoms with E-state index in [9.17, 15) is 8.78 Å². The van der Waals surface area contributed by atoms with Gasteiger partial charge in [-0.1, -0.05) is 19.1 Å². The highest BCUT2D eigenvalue weighted by atomic mass is 19.3. The van der Waals surface area contributed by atoms with Crippen molar-refractivity contribution in [2.45, 2.75) is 39.3 Å². The molecule has 0 heterocycles. The van der Waals surface area contributed by atoms with Crippen LogP contribution in [0.5, 0.6) is 11.5 Å². The number of rotatable bonds is 8. The van der Waals surface area contributed by atoms with E-state index in [1.54, 1.807) is 18.2 Å². The molecule has 2 rings (SSSR count). The third-order valence-corrected chi connectivity index (χ3v) is 4.01. The van der Waals surface area contributed by atoms with E-state index in [4.69, 9.17) is 4.74 Å². The molecule has 1 aliphatic carbocycles. The summed E-state index contributed by atoms with van der Waals surface area (Å²) in [7, 11) is 1.45. The highest BCUT2D eigenvalue weighted by Crippen LogP contribution is 2.48. The minimum absolute atomic E-state index is 0.124. The number of hydrogen-bond donors (Lipinski definition) is 1. The van der Waals surface area contributed by atoms with Crippen LogP contribution in [-0.2, 0) is 6.54 Å². The van der Waals surface area contributed by atoms with E-state index < -0.39 is 6.61 Å². The third-order valence-electron chi connectivity index (χ3n) is 4.01. The Morgan fingerprint density at radius 3 is 2.65 bits per heavy atom. The standard InChI is InChI=1S/C15H21F2NO2/c1-3-15(7-8-15)10-18-9-11-5-4-6-12(19-2)13(11)20-14(16)17/h4-6,14,18H,3,7-10H2,1-2H3. The number of alkyl halides is 2. The predicted molar refractivity (Wildman–Crippen MR) is 73.3 cm³/mol. The minimum atomic E-state index is -2.85. The summed E-state index contributed by atoms with van der Waals surface area (Å²) < 4.78 is 34.7. The second kappa shape index (κ2) is 6.39. The highest BCUT2D eigenvalue weighted by molar-refractivity contribution is 5.46. The maximum Gasteiger partial charge on any atom is 0.387 e. The zero-order valence-electron chi connectivity index (χ0n) is 11.9. The summed E-state index contributed by atoms with van der Waals surface area (Å²) in [6.45, 7) is 0.747. The first kappa shape index (κ1) is 15.0. The van der Waals surface area contributed by atoms with Crippen molar-refractivity contribution in [3.63, 3.8) is 0 Å². The fourth-order valence-electron chi connectivity index (χ4n) is 2.38. The van der Waals surface area contributed by atoms with Crippen molar-refractivity contribution in [3.05, 3.63) is 23.8 Å². The first-order chi connectivity index (χ1) is 9.60. The molecule has 1 N–H and O–H groups in total. The van der Waals surface area contributed by atoms with Crippen LogP contribution < -0.4 is 14.8 Å². The molecule has 0 bridgehead atoms. The van der Waals surface area contributed by atoms with Gasteiger partial charge in [0, 0.05) is 18.7 Å². The van der Waals surface area contributed by atoms with Crippen LogP contribution in [0.3, 0.4) is 0 Å². The maximum atomic E-state index is 12.5. The van der Waals surface area contributed by atoms with E-state index in [-0.39, 0.29) is 5.75 Å². The Bertz CT molecular complexity index is 447. The summed E-state index contributed by atoms with van der Waals surface area (Å²) in [5.74, 6) is 0.458. The Labute approximate surface area is 118 Å². The van der Waals surface area contributed by atoms with Crippen molar-refractivity contribution >= 4 is 0 Å². The fraction of sp³-hybridized carbons (Fsp3) is 0.600. The largest absolute Gasteiger partial charge is 0.493 e. The predicted octanol–water partition coefficient (Wildman–Crippen LogP) is 3.58. The summed E-state index contributed by atoms with van der Waals surface area (Å²) in [5.41, 5.74) is 1.11. The third kappa shape index (κ3) is 3.60. The Balaban J connectivity index is 2.02.